The van der Waals surface area contributed by atoms with Crippen LogP contribution in [-0.2, 0) is 0 Å². The van der Waals surface area contributed by atoms with Crippen molar-refractivity contribution < 1.29 is 0 Å². The summed E-state index contributed by atoms with van der Waals surface area (Å²) in [7, 11) is 0. The Morgan fingerprint density at radius 1 is 1.21 bits per heavy atom. The van der Waals surface area contributed by atoms with Crippen LogP contribution < -0.4 is 10.6 Å². The zero-order chi connectivity index (χ0) is 13.3. The first-order valence-electron chi connectivity index (χ1n) is 7.13. The molecule has 2 N–H and O–H groups in total. The number of aromatic nitrogens is 1. The highest BCUT2D eigenvalue weighted by Gasteiger charge is 2.37. The molecule has 1 spiro atoms. The molecule has 1 aromatic rings. The number of pyridine rings is 1. The Hall–Kier alpha value is -1.76. The number of hydrogen-bond donors (Lipinski definition) is 1. The van der Waals surface area contributed by atoms with Gasteiger partial charge in [-0.1, -0.05) is 12.8 Å². The number of nitrogens with two attached hydrogens (primary N) is 1. The maximum Gasteiger partial charge on any atom is 0.151 e. The molecule has 4 heteroatoms. The van der Waals surface area contributed by atoms with Gasteiger partial charge < -0.3 is 10.6 Å². The summed E-state index contributed by atoms with van der Waals surface area (Å²) in [5, 5.41) is 8.84. The molecule has 4 nitrogen and oxygen atoms in total. The van der Waals surface area contributed by atoms with E-state index in [1.807, 2.05) is 0 Å². The van der Waals surface area contributed by atoms with Gasteiger partial charge in [0.05, 0.1) is 11.3 Å². The summed E-state index contributed by atoms with van der Waals surface area (Å²) in [4.78, 5) is 6.64. The van der Waals surface area contributed by atoms with E-state index in [1.54, 1.807) is 12.3 Å². The second-order valence-corrected chi connectivity index (χ2v) is 5.94. The Morgan fingerprint density at radius 3 is 2.47 bits per heavy atom. The standard InChI is InChI=1S/C15H20N4/c16-10-12-9-13(17)14(18-11-12)19-7-5-15(6-8-19)3-1-2-4-15/h9,11H,1-8,17H2. The SMILES string of the molecule is N#Cc1cnc(N2CCC3(CCCC3)CC2)c(N)c1. The van der Waals surface area contributed by atoms with E-state index in [0.29, 0.717) is 16.7 Å². The maximum atomic E-state index is 8.84. The first kappa shape index (κ1) is 12.3. The lowest BCUT2D eigenvalue weighted by molar-refractivity contribution is 0.226. The average molecular weight is 256 g/mol. The average Bonchev–Trinajstić information content (AvgIpc) is 2.88. The molecule has 19 heavy (non-hydrogen) atoms. The molecular formula is C15H20N4. The van der Waals surface area contributed by atoms with Gasteiger partial charge in [-0.15, -0.1) is 0 Å². The van der Waals surface area contributed by atoms with E-state index >= 15 is 0 Å². The molecule has 100 valence electrons. The van der Waals surface area contributed by atoms with Crippen LogP contribution in [0.3, 0.4) is 0 Å². The topological polar surface area (TPSA) is 65.9 Å². The first-order valence-corrected chi connectivity index (χ1v) is 7.13. The molecule has 0 radical (unpaired) electrons. The van der Waals surface area contributed by atoms with E-state index in [0.717, 1.165) is 18.9 Å². The molecule has 2 aliphatic rings. The van der Waals surface area contributed by atoms with E-state index in [2.05, 4.69) is 16.0 Å². The Balaban J connectivity index is 1.73. The van der Waals surface area contributed by atoms with Crippen molar-refractivity contribution in [1.82, 2.24) is 4.98 Å². The van der Waals surface area contributed by atoms with E-state index < -0.39 is 0 Å². The fourth-order valence-corrected chi connectivity index (χ4v) is 3.62. The van der Waals surface area contributed by atoms with E-state index in [1.165, 1.54) is 38.5 Å². The van der Waals surface area contributed by atoms with Gasteiger partial charge in [0.2, 0.25) is 0 Å². The molecule has 0 amide bonds. The zero-order valence-corrected chi connectivity index (χ0v) is 11.2. The Kier molecular flexibility index (Phi) is 3.06. The molecule has 3 rings (SSSR count). The van der Waals surface area contributed by atoms with Crippen molar-refractivity contribution in [1.29, 1.82) is 5.26 Å². The molecule has 0 aromatic carbocycles. The van der Waals surface area contributed by atoms with Crippen LogP contribution in [-0.4, -0.2) is 18.1 Å². The van der Waals surface area contributed by atoms with Gasteiger partial charge in [-0.05, 0) is 37.2 Å². The lowest BCUT2D eigenvalue weighted by Crippen LogP contribution is -2.39. The number of rotatable bonds is 1. The summed E-state index contributed by atoms with van der Waals surface area (Å²) >= 11 is 0. The zero-order valence-electron chi connectivity index (χ0n) is 11.2. The van der Waals surface area contributed by atoms with Crippen LogP contribution >= 0.6 is 0 Å². The fourth-order valence-electron chi connectivity index (χ4n) is 3.62. The van der Waals surface area contributed by atoms with Crippen molar-refractivity contribution in [3.63, 3.8) is 0 Å². The minimum atomic E-state index is 0.533. The minimum absolute atomic E-state index is 0.533. The van der Waals surface area contributed by atoms with Crippen molar-refractivity contribution in [3.05, 3.63) is 17.8 Å². The second-order valence-electron chi connectivity index (χ2n) is 5.94. The smallest absolute Gasteiger partial charge is 0.151 e. The van der Waals surface area contributed by atoms with Crippen molar-refractivity contribution in [2.24, 2.45) is 5.41 Å². The largest absolute Gasteiger partial charge is 0.396 e. The molecule has 0 atom stereocenters. The van der Waals surface area contributed by atoms with Crippen molar-refractivity contribution in [2.45, 2.75) is 38.5 Å². The van der Waals surface area contributed by atoms with Crippen molar-refractivity contribution in [2.75, 3.05) is 23.7 Å². The third kappa shape index (κ3) is 2.25. The quantitative estimate of drug-likeness (QED) is 0.839. The number of hydrogen-bond acceptors (Lipinski definition) is 4. The normalized spacial score (nSPS) is 21.5. The molecule has 1 aliphatic heterocycles. The molecule has 2 heterocycles. The van der Waals surface area contributed by atoms with Gasteiger partial charge in [-0.25, -0.2) is 4.98 Å². The number of anilines is 2. The molecule has 1 aromatic heterocycles. The van der Waals surface area contributed by atoms with E-state index in [9.17, 15) is 0 Å². The van der Waals surface area contributed by atoms with Gasteiger partial charge in [-0.3, -0.25) is 0 Å². The van der Waals surface area contributed by atoms with Crippen LogP contribution in [0.5, 0.6) is 0 Å². The molecule has 1 saturated heterocycles. The van der Waals surface area contributed by atoms with Gasteiger partial charge in [0.25, 0.3) is 0 Å². The van der Waals surface area contributed by atoms with Crippen LogP contribution in [0.2, 0.25) is 0 Å². The van der Waals surface area contributed by atoms with Crippen LogP contribution in [0, 0.1) is 16.7 Å². The predicted molar refractivity (Wildman–Crippen MR) is 75.7 cm³/mol. The maximum absolute atomic E-state index is 8.84. The van der Waals surface area contributed by atoms with Crippen molar-refractivity contribution >= 4 is 11.5 Å². The van der Waals surface area contributed by atoms with Gasteiger partial charge in [0, 0.05) is 19.3 Å². The summed E-state index contributed by atoms with van der Waals surface area (Å²) in [5.74, 6) is 0.854. The van der Waals surface area contributed by atoms with Gasteiger partial charge in [-0.2, -0.15) is 5.26 Å². The second kappa shape index (κ2) is 4.73. The van der Waals surface area contributed by atoms with Crippen LogP contribution in [0.4, 0.5) is 11.5 Å². The molecular weight excluding hydrogens is 236 g/mol. The van der Waals surface area contributed by atoms with E-state index in [-0.39, 0.29) is 0 Å². The Morgan fingerprint density at radius 2 is 1.89 bits per heavy atom. The minimum Gasteiger partial charge on any atom is -0.396 e. The molecule has 0 bridgehead atoms. The number of piperidine rings is 1. The van der Waals surface area contributed by atoms with Gasteiger partial charge in [0.1, 0.15) is 6.07 Å². The highest BCUT2D eigenvalue weighted by molar-refractivity contribution is 5.64. The monoisotopic (exact) mass is 256 g/mol. The molecule has 1 saturated carbocycles. The van der Waals surface area contributed by atoms with Gasteiger partial charge >= 0.3 is 0 Å². The molecule has 0 unspecified atom stereocenters. The molecule has 2 fully saturated rings. The lowest BCUT2D eigenvalue weighted by Gasteiger charge is -2.40. The van der Waals surface area contributed by atoms with Crippen LogP contribution in [0.15, 0.2) is 12.3 Å². The highest BCUT2D eigenvalue weighted by Crippen LogP contribution is 2.46. The van der Waals surface area contributed by atoms with Crippen molar-refractivity contribution in [3.8, 4) is 6.07 Å². The summed E-state index contributed by atoms with van der Waals surface area (Å²) in [6.07, 6.45) is 9.73. The fraction of sp³-hybridized carbons (Fsp3) is 0.600. The third-order valence-corrected chi connectivity index (χ3v) is 4.81. The third-order valence-electron chi connectivity index (χ3n) is 4.81. The lowest BCUT2D eigenvalue weighted by atomic mass is 9.77. The van der Waals surface area contributed by atoms with Crippen LogP contribution in [0.1, 0.15) is 44.1 Å². The number of nitrogens with zero attached hydrogens (tertiary/aromatic N) is 3. The summed E-state index contributed by atoms with van der Waals surface area (Å²) < 4.78 is 0. The van der Waals surface area contributed by atoms with E-state index in [4.69, 9.17) is 11.0 Å². The molecule has 1 aliphatic carbocycles. The van der Waals surface area contributed by atoms with Crippen LogP contribution in [0.25, 0.3) is 0 Å². The Labute approximate surface area is 114 Å². The number of nitriles is 1. The predicted octanol–water partition coefficient (Wildman–Crippen LogP) is 2.70. The summed E-state index contributed by atoms with van der Waals surface area (Å²) in [6, 6.07) is 3.80. The summed E-state index contributed by atoms with van der Waals surface area (Å²) in [5.41, 5.74) is 7.79. The van der Waals surface area contributed by atoms with Gasteiger partial charge in [0.15, 0.2) is 5.82 Å². The number of nitrogen functional groups attached to an aromatic ring is 1. The summed E-state index contributed by atoms with van der Waals surface area (Å²) in [6.45, 7) is 2.09. The highest BCUT2D eigenvalue weighted by atomic mass is 15.2. The first-order chi connectivity index (χ1) is 9.22. The Bertz CT molecular complexity index is 501.